The molecule has 0 spiro atoms. The Morgan fingerprint density at radius 1 is 0.167 bits per heavy atom. The molecule has 4 nitrogen and oxygen atoms in total. The Hall–Kier alpha value is -8.86. The first-order chi connectivity index (χ1) is 32.7. The molecule has 0 fully saturated rings. The number of hydrogen-bond acceptors (Lipinski definition) is 4. The van der Waals surface area contributed by atoms with Crippen LogP contribution in [-0.4, -0.2) is 19.9 Å². The van der Waals surface area contributed by atoms with Crippen molar-refractivity contribution in [3.05, 3.63) is 255 Å². The van der Waals surface area contributed by atoms with E-state index in [1.165, 1.54) is 0 Å². The molecule has 0 N–H and O–H groups in total. The molecule has 0 radical (unpaired) electrons. The predicted molar refractivity (Wildman–Crippen MR) is 272 cm³/mol. The van der Waals surface area contributed by atoms with Crippen LogP contribution in [0.1, 0.15) is 0 Å². The van der Waals surface area contributed by atoms with Gasteiger partial charge in [0.2, 0.25) is 0 Å². The largest absolute Gasteiger partial charge is 0.246 e. The lowest BCUT2D eigenvalue weighted by atomic mass is 9.83. The van der Waals surface area contributed by atoms with Gasteiger partial charge in [0.25, 0.3) is 0 Å². The predicted octanol–water partition coefficient (Wildman–Crippen LogP) is 15.9. The van der Waals surface area contributed by atoms with E-state index in [1.807, 2.05) is 42.5 Å². The quantitative estimate of drug-likeness (QED) is 0.138. The van der Waals surface area contributed by atoms with E-state index in [9.17, 15) is 0 Å². The minimum Gasteiger partial charge on any atom is -0.246 e. The van der Waals surface area contributed by atoms with Gasteiger partial charge in [0.15, 0.2) is 17.5 Å². The van der Waals surface area contributed by atoms with Crippen LogP contribution in [0.25, 0.3) is 112 Å². The Kier molecular flexibility index (Phi) is 10.9. The van der Waals surface area contributed by atoms with Crippen LogP contribution in [0, 0.1) is 0 Å². The molecule has 0 saturated carbocycles. The van der Waals surface area contributed by atoms with E-state index >= 15 is 0 Å². The van der Waals surface area contributed by atoms with E-state index in [4.69, 9.17) is 19.9 Å². The first-order valence-electron chi connectivity index (χ1n) is 22.2. The Balaban J connectivity index is 1.03. The number of rotatable bonds is 10. The Morgan fingerprint density at radius 2 is 0.455 bits per heavy atom. The van der Waals surface area contributed by atoms with Crippen molar-refractivity contribution in [3.8, 4) is 112 Å². The molecule has 2 heterocycles. The van der Waals surface area contributed by atoms with Gasteiger partial charge in [-0.25, -0.2) is 19.9 Å². The number of pyridine rings is 1. The average Bonchev–Trinajstić information content (AvgIpc) is 3.41. The minimum absolute atomic E-state index is 0.617. The van der Waals surface area contributed by atoms with Gasteiger partial charge in [-0.3, -0.25) is 0 Å². The summed E-state index contributed by atoms with van der Waals surface area (Å²) in [4.78, 5) is 20.8. The summed E-state index contributed by atoms with van der Waals surface area (Å²) in [6, 6.07) is 88.8. The summed E-state index contributed by atoms with van der Waals surface area (Å²) in [5.41, 5.74) is 17.8. The average molecular weight is 843 g/mol. The molecule has 0 aliphatic rings. The van der Waals surface area contributed by atoms with E-state index in [2.05, 4.69) is 212 Å². The maximum absolute atomic E-state index is 5.60. The van der Waals surface area contributed by atoms with Crippen LogP contribution in [0.2, 0.25) is 0 Å². The summed E-state index contributed by atoms with van der Waals surface area (Å²) in [5, 5.41) is 0. The van der Waals surface area contributed by atoms with Gasteiger partial charge in [0.1, 0.15) is 0 Å². The van der Waals surface area contributed by atoms with Gasteiger partial charge in [-0.05, 0) is 38.9 Å². The minimum atomic E-state index is 0.617. The van der Waals surface area contributed by atoms with Gasteiger partial charge in [-0.2, -0.15) is 0 Å². The number of aromatic nitrogens is 4. The van der Waals surface area contributed by atoms with Gasteiger partial charge in [-0.1, -0.05) is 255 Å². The maximum Gasteiger partial charge on any atom is 0.164 e. The summed E-state index contributed by atoms with van der Waals surface area (Å²) in [6.07, 6.45) is 0. The molecular formula is C62H42N4. The smallest absolute Gasteiger partial charge is 0.164 e. The standard InChI is InChI=1S/C62H42N4/c1-7-21-45(22-8-1)53-33-19-20-34-54(53)62-65-60(51-31-17-6-18-32-51)64-61(66-62)52-41-37-44(38-42-52)43-35-39-48(40-36-43)55-56(46-23-9-2-10-24-46)58(49-27-13-4-14-28-49)63-59(50-29-15-5-16-30-50)57(55)47-25-11-3-12-26-47/h1-42H. The molecule has 0 aliphatic heterocycles. The zero-order valence-electron chi connectivity index (χ0n) is 36.0. The van der Waals surface area contributed by atoms with Crippen LogP contribution in [0.4, 0.5) is 0 Å². The highest BCUT2D eigenvalue weighted by molar-refractivity contribution is 6.05. The van der Waals surface area contributed by atoms with Gasteiger partial charge >= 0.3 is 0 Å². The van der Waals surface area contributed by atoms with Crippen molar-refractivity contribution in [1.29, 1.82) is 0 Å². The van der Waals surface area contributed by atoms with Crippen molar-refractivity contribution in [2.75, 3.05) is 0 Å². The lowest BCUT2D eigenvalue weighted by Gasteiger charge is -2.23. The maximum atomic E-state index is 5.60. The van der Waals surface area contributed by atoms with Crippen molar-refractivity contribution in [2.45, 2.75) is 0 Å². The van der Waals surface area contributed by atoms with Gasteiger partial charge < -0.3 is 0 Å². The van der Waals surface area contributed by atoms with Gasteiger partial charge in [0, 0.05) is 44.5 Å². The third-order valence-corrected chi connectivity index (χ3v) is 12.0. The Bertz CT molecular complexity index is 3300. The first kappa shape index (κ1) is 40.0. The summed E-state index contributed by atoms with van der Waals surface area (Å²) < 4.78 is 0. The molecule has 0 amide bonds. The molecule has 0 bridgehead atoms. The topological polar surface area (TPSA) is 51.6 Å². The second kappa shape index (κ2) is 18.1. The summed E-state index contributed by atoms with van der Waals surface area (Å²) >= 11 is 0. The van der Waals surface area contributed by atoms with E-state index in [1.54, 1.807) is 0 Å². The van der Waals surface area contributed by atoms with Crippen molar-refractivity contribution in [3.63, 3.8) is 0 Å². The Morgan fingerprint density at radius 3 is 0.894 bits per heavy atom. The first-order valence-corrected chi connectivity index (χ1v) is 22.2. The molecule has 0 saturated heterocycles. The summed E-state index contributed by atoms with van der Waals surface area (Å²) in [7, 11) is 0. The van der Waals surface area contributed by atoms with Crippen LogP contribution >= 0.6 is 0 Å². The summed E-state index contributed by atoms with van der Waals surface area (Å²) in [5.74, 6) is 1.88. The zero-order valence-corrected chi connectivity index (χ0v) is 36.0. The van der Waals surface area contributed by atoms with Crippen molar-refractivity contribution in [2.24, 2.45) is 0 Å². The van der Waals surface area contributed by atoms with Gasteiger partial charge in [-0.15, -0.1) is 0 Å². The normalized spacial score (nSPS) is 11.0. The number of hydrogen-bond donors (Lipinski definition) is 0. The second-order valence-corrected chi connectivity index (χ2v) is 16.1. The lowest BCUT2D eigenvalue weighted by Crippen LogP contribution is -2.01. The van der Waals surface area contributed by atoms with Crippen LogP contribution in [0.5, 0.6) is 0 Å². The van der Waals surface area contributed by atoms with Crippen LogP contribution in [-0.2, 0) is 0 Å². The van der Waals surface area contributed by atoms with E-state index in [0.29, 0.717) is 17.5 Å². The number of nitrogens with zero attached hydrogens (tertiary/aromatic N) is 4. The van der Waals surface area contributed by atoms with Crippen LogP contribution < -0.4 is 0 Å². The van der Waals surface area contributed by atoms with Crippen LogP contribution in [0.3, 0.4) is 0 Å². The molecule has 9 aromatic carbocycles. The molecular weight excluding hydrogens is 801 g/mol. The second-order valence-electron chi connectivity index (χ2n) is 16.1. The van der Waals surface area contributed by atoms with Crippen molar-refractivity contribution in [1.82, 2.24) is 19.9 Å². The molecule has 310 valence electrons. The highest BCUT2D eigenvalue weighted by atomic mass is 15.0. The Labute approximate surface area is 385 Å². The molecule has 0 atom stereocenters. The van der Waals surface area contributed by atoms with E-state index in [-0.39, 0.29) is 0 Å². The molecule has 11 rings (SSSR count). The molecule has 2 aromatic heterocycles. The highest BCUT2D eigenvalue weighted by Gasteiger charge is 2.25. The van der Waals surface area contributed by atoms with Crippen molar-refractivity contribution >= 4 is 0 Å². The third kappa shape index (κ3) is 8.00. The number of benzene rings is 9. The molecule has 4 heteroatoms. The molecule has 66 heavy (non-hydrogen) atoms. The summed E-state index contributed by atoms with van der Waals surface area (Å²) in [6.45, 7) is 0. The van der Waals surface area contributed by atoms with E-state index < -0.39 is 0 Å². The molecule has 11 aromatic rings. The zero-order chi connectivity index (χ0) is 44.1. The molecule has 0 aliphatic carbocycles. The third-order valence-electron chi connectivity index (χ3n) is 12.0. The van der Waals surface area contributed by atoms with Crippen LogP contribution in [0.15, 0.2) is 255 Å². The van der Waals surface area contributed by atoms with Gasteiger partial charge in [0.05, 0.1) is 11.4 Å². The fourth-order valence-corrected chi connectivity index (χ4v) is 8.79. The monoisotopic (exact) mass is 842 g/mol. The lowest BCUT2D eigenvalue weighted by molar-refractivity contribution is 1.07. The highest BCUT2D eigenvalue weighted by Crippen LogP contribution is 2.49. The molecule has 0 unspecified atom stereocenters. The fourth-order valence-electron chi connectivity index (χ4n) is 8.79. The van der Waals surface area contributed by atoms with E-state index in [0.717, 1.165) is 94.8 Å². The van der Waals surface area contributed by atoms with Crippen molar-refractivity contribution < 1.29 is 0 Å². The SMILES string of the molecule is c1ccc(-c2nc(-c3ccc(-c4ccc(-c5c(-c6ccccc6)c(-c6ccccc6)nc(-c6ccccc6)c5-c5ccccc5)cc4)cc3)nc(-c3ccccc3-c3ccccc3)n2)cc1. The fraction of sp³-hybridized carbons (Fsp3) is 0.